The molecular formula is C16H12ClN3O. The molecule has 0 saturated heterocycles. The van der Waals surface area contributed by atoms with Crippen LogP contribution in [0.5, 0.6) is 0 Å². The van der Waals surface area contributed by atoms with Gasteiger partial charge in [0, 0.05) is 5.02 Å². The summed E-state index contributed by atoms with van der Waals surface area (Å²) < 4.78 is 2.08. The van der Waals surface area contributed by atoms with Crippen LogP contribution in [0.4, 0.5) is 5.95 Å². The van der Waals surface area contributed by atoms with Gasteiger partial charge in [-0.25, -0.2) is 4.98 Å². The number of carbonyl (C=O) groups is 1. The molecule has 1 aliphatic heterocycles. The number of aromatic nitrogens is 2. The van der Waals surface area contributed by atoms with Crippen LogP contribution < -0.4 is 5.32 Å². The van der Waals surface area contributed by atoms with Gasteiger partial charge >= 0.3 is 0 Å². The van der Waals surface area contributed by atoms with E-state index in [0.717, 1.165) is 16.6 Å². The van der Waals surface area contributed by atoms with E-state index in [1.807, 2.05) is 48.5 Å². The third-order valence-electron chi connectivity index (χ3n) is 3.79. The summed E-state index contributed by atoms with van der Waals surface area (Å²) in [7, 11) is 0. The van der Waals surface area contributed by atoms with E-state index in [9.17, 15) is 4.79 Å². The van der Waals surface area contributed by atoms with Crippen molar-refractivity contribution < 1.29 is 4.79 Å². The van der Waals surface area contributed by atoms with Gasteiger partial charge in [0.1, 0.15) is 0 Å². The van der Waals surface area contributed by atoms with E-state index in [2.05, 4.69) is 14.9 Å². The fourth-order valence-electron chi connectivity index (χ4n) is 2.84. The number of halogens is 1. The number of nitrogens with one attached hydrogen (secondary N) is 1. The Balaban J connectivity index is 1.94. The van der Waals surface area contributed by atoms with Crippen molar-refractivity contribution in [3.8, 4) is 0 Å². The quantitative estimate of drug-likeness (QED) is 0.745. The van der Waals surface area contributed by atoms with Crippen LogP contribution >= 0.6 is 11.6 Å². The minimum Gasteiger partial charge on any atom is -0.302 e. The Kier molecular flexibility index (Phi) is 2.72. The molecule has 1 N–H and O–H groups in total. The van der Waals surface area contributed by atoms with Crippen molar-refractivity contribution in [2.75, 3.05) is 5.32 Å². The molecule has 2 aromatic carbocycles. The van der Waals surface area contributed by atoms with Crippen molar-refractivity contribution in [1.82, 2.24) is 9.55 Å². The smallest absolute Gasteiger partial charge is 0.229 e. The van der Waals surface area contributed by atoms with Crippen molar-refractivity contribution in [3.05, 3.63) is 59.1 Å². The Morgan fingerprint density at radius 3 is 2.71 bits per heavy atom. The van der Waals surface area contributed by atoms with E-state index in [4.69, 9.17) is 11.6 Å². The highest BCUT2D eigenvalue weighted by molar-refractivity contribution is 6.30. The van der Waals surface area contributed by atoms with Crippen LogP contribution in [-0.2, 0) is 4.79 Å². The number of fused-ring (bicyclic) bond motifs is 3. The summed E-state index contributed by atoms with van der Waals surface area (Å²) in [6.45, 7) is 0. The van der Waals surface area contributed by atoms with Crippen LogP contribution in [-0.4, -0.2) is 15.5 Å². The third kappa shape index (κ3) is 1.99. The molecule has 1 aliphatic rings. The lowest BCUT2D eigenvalue weighted by Crippen LogP contribution is -2.28. The summed E-state index contributed by atoms with van der Waals surface area (Å²) in [6.07, 6.45) is 0.398. The summed E-state index contributed by atoms with van der Waals surface area (Å²) in [6, 6.07) is 15.5. The molecule has 0 saturated carbocycles. The number of hydrogen-bond acceptors (Lipinski definition) is 2. The summed E-state index contributed by atoms with van der Waals surface area (Å²) in [5.41, 5.74) is 2.96. The molecule has 104 valence electrons. The van der Waals surface area contributed by atoms with E-state index in [0.29, 0.717) is 17.4 Å². The van der Waals surface area contributed by atoms with Crippen LogP contribution in [0.1, 0.15) is 18.0 Å². The zero-order valence-corrected chi connectivity index (χ0v) is 11.8. The third-order valence-corrected chi connectivity index (χ3v) is 4.04. The van der Waals surface area contributed by atoms with Crippen LogP contribution in [0.3, 0.4) is 0 Å². The molecule has 0 fully saturated rings. The van der Waals surface area contributed by atoms with Crippen molar-refractivity contribution in [3.63, 3.8) is 0 Å². The highest BCUT2D eigenvalue weighted by Gasteiger charge is 2.28. The number of para-hydroxylation sites is 2. The van der Waals surface area contributed by atoms with Gasteiger partial charge in [0.05, 0.1) is 23.5 Å². The molecular weight excluding hydrogens is 286 g/mol. The molecule has 0 radical (unpaired) electrons. The average Bonchev–Trinajstić information content (AvgIpc) is 2.85. The summed E-state index contributed by atoms with van der Waals surface area (Å²) in [5.74, 6) is 0.588. The Labute approximate surface area is 126 Å². The van der Waals surface area contributed by atoms with E-state index < -0.39 is 0 Å². The van der Waals surface area contributed by atoms with Gasteiger partial charge in [0.25, 0.3) is 0 Å². The predicted molar refractivity (Wildman–Crippen MR) is 82.6 cm³/mol. The first kappa shape index (κ1) is 12.4. The number of hydrogen-bond donors (Lipinski definition) is 1. The second-order valence-corrected chi connectivity index (χ2v) is 5.55. The van der Waals surface area contributed by atoms with Crippen LogP contribution in [0.25, 0.3) is 11.0 Å². The molecule has 1 unspecified atom stereocenters. The normalized spacial score (nSPS) is 17.6. The number of nitrogens with zero attached hydrogens (tertiary/aromatic N) is 2. The standard InChI is InChI=1S/C16H12ClN3O/c17-11-7-5-10(6-8-11)14-9-15(21)19-16-18-12-3-1-2-4-13(12)20(14)16/h1-8,14H,9H2,(H,18,19,21). The van der Waals surface area contributed by atoms with Crippen LogP contribution in [0, 0.1) is 0 Å². The van der Waals surface area contributed by atoms with E-state index in [1.54, 1.807) is 0 Å². The molecule has 2 heterocycles. The maximum Gasteiger partial charge on any atom is 0.229 e. The molecule has 4 nitrogen and oxygen atoms in total. The first-order chi connectivity index (χ1) is 10.2. The van der Waals surface area contributed by atoms with Gasteiger partial charge in [-0.15, -0.1) is 0 Å². The first-order valence-corrected chi connectivity index (χ1v) is 7.12. The molecule has 1 aromatic heterocycles. The highest BCUT2D eigenvalue weighted by atomic mass is 35.5. The van der Waals surface area contributed by atoms with Crippen molar-refractivity contribution in [2.45, 2.75) is 12.5 Å². The van der Waals surface area contributed by atoms with E-state index in [1.165, 1.54) is 0 Å². The number of anilines is 1. The fraction of sp³-hybridized carbons (Fsp3) is 0.125. The Bertz CT molecular complexity index is 838. The number of benzene rings is 2. The second kappa shape index (κ2) is 4.60. The van der Waals surface area contributed by atoms with Gasteiger partial charge < -0.3 is 4.57 Å². The predicted octanol–water partition coefficient (Wildman–Crippen LogP) is 3.62. The van der Waals surface area contributed by atoms with Gasteiger partial charge in [-0.2, -0.15) is 0 Å². The maximum absolute atomic E-state index is 12.0. The van der Waals surface area contributed by atoms with Gasteiger partial charge in [0.2, 0.25) is 11.9 Å². The lowest BCUT2D eigenvalue weighted by atomic mass is 10.0. The van der Waals surface area contributed by atoms with Crippen LogP contribution in [0.15, 0.2) is 48.5 Å². The second-order valence-electron chi connectivity index (χ2n) is 5.11. The summed E-state index contributed by atoms with van der Waals surface area (Å²) >= 11 is 5.95. The molecule has 0 bridgehead atoms. The van der Waals surface area contributed by atoms with Crippen LogP contribution in [0.2, 0.25) is 5.02 Å². The zero-order valence-electron chi connectivity index (χ0n) is 11.1. The lowest BCUT2D eigenvalue weighted by molar-refractivity contribution is -0.117. The number of rotatable bonds is 1. The van der Waals surface area contributed by atoms with E-state index in [-0.39, 0.29) is 11.9 Å². The summed E-state index contributed by atoms with van der Waals surface area (Å²) in [4.78, 5) is 16.5. The molecule has 0 spiro atoms. The van der Waals surface area contributed by atoms with Crippen molar-refractivity contribution in [1.29, 1.82) is 0 Å². The van der Waals surface area contributed by atoms with Crippen molar-refractivity contribution >= 4 is 34.5 Å². The lowest BCUT2D eigenvalue weighted by Gasteiger charge is -2.26. The Hall–Kier alpha value is -2.33. The molecule has 1 atom stereocenters. The van der Waals surface area contributed by atoms with Gasteiger partial charge in [-0.1, -0.05) is 35.9 Å². The maximum atomic E-state index is 12.0. The highest BCUT2D eigenvalue weighted by Crippen LogP contribution is 2.34. The number of carbonyl (C=O) groups excluding carboxylic acids is 1. The SMILES string of the molecule is O=C1CC(c2ccc(Cl)cc2)n2c(nc3ccccc32)N1. The molecule has 4 rings (SSSR count). The molecule has 5 heteroatoms. The summed E-state index contributed by atoms with van der Waals surface area (Å²) in [5, 5.41) is 3.54. The molecule has 21 heavy (non-hydrogen) atoms. The Morgan fingerprint density at radius 2 is 1.90 bits per heavy atom. The number of amides is 1. The topological polar surface area (TPSA) is 46.9 Å². The monoisotopic (exact) mass is 297 g/mol. The first-order valence-electron chi connectivity index (χ1n) is 6.74. The fourth-order valence-corrected chi connectivity index (χ4v) is 2.97. The average molecular weight is 298 g/mol. The minimum absolute atomic E-state index is 0.0160. The van der Waals surface area contributed by atoms with Crippen molar-refractivity contribution in [2.24, 2.45) is 0 Å². The molecule has 3 aromatic rings. The number of imidazole rings is 1. The minimum atomic E-state index is -0.0570. The van der Waals surface area contributed by atoms with E-state index >= 15 is 0 Å². The van der Waals surface area contributed by atoms with Gasteiger partial charge in [-0.05, 0) is 29.8 Å². The zero-order chi connectivity index (χ0) is 14.4. The Morgan fingerprint density at radius 1 is 1.14 bits per heavy atom. The van der Waals surface area contributed by atoms with Gasteiger partial charge in [-0.3, -0.25) is 10.1 Å². The molecule has 1 amide bonds. The largest absolute Gasteiger partial charge is 0.302 e. The van der Waals surface area contributed by atoms with Gasteiger partial charge in [0.15, 0.2) is 0 Å². The molecule has 0 aliphatic carbocycles.